The van der Waals surface area contributed by atoms with E-state index in [2.05, 4.69) is 5.16 Å². The van der Waals surface area contributed by atoms with Crippen LogP contribution >= 0.6 is 11.6 Å². The third kappa shape index (κ3) is 3.53. The number of nitrogens with two attached hydrogens (primary N) is 1. The second-order valence-electron chi connectivity index (χ2n) is 3.03. The van der Waals surface area contributed by atoms with E-state index in [1.165, 1.54) is 19.4 Å². The van der Waals surface area contributed by atoms with E-state index in [1.807, 2.05) is 0 Å². The summed E-state index contributed by atoms with van der Waals surface area (Å²) in [6, 6.07) is 3.04. The van der Waals surface area contributed by atoms with E-state index in [0.717, 1.165) is 0 Å². The van der Waals surface area contributed by atoms with Crippen LogP contribution in [0.4, 0.5) is 0 Å². The van der Waals surface area contributed by atoms with Crippen molar-refractivity contribution < 1.29 is 19.5 Å². The van der Waals surface area contributed by atoms with E-state index in [1.54, 1.807) is 6.07 Å². The summed E-state index contributed by atoms with van der Waals surface area (Å²) in [4.78, 5) is 10.6. The number of methoxy groups -OCH3 is 1. The highest BCUT2D eigenvalue weighted by atomic mass is 35.5. The van der Waals surface area contributed by atoms with Gasteiger partial charge >= 0.3 is 0 Å². The molecule has 0 saturated carbocycles. The zero-order valence-electron chi connectivity index (χ0n) is 9.01. The minimum atomic E-state index is -0.621. The van der Waals surface area contributed by atoms with Crippen molar-refractivity contribution >= 4 is 23.7 Å². The Morgan fingerprint density at radius 2 is 2.35 bits per heavy atom. The number of carbonyl (C=O) groups is 1. The molecular weight excluding hydrogens is 248 g/mol. The molecule has 7 heteroatoms. The van der Waals surface area contributed by atoms with Gasteiger partial charge in [-0.3, -0.25) is 4.79 Å². The fourth-order valence-electron chi connectivity index (χ4n) is 1.16. The predicted octanol–water partition coefficient (Wildman–Crippen LogP) is 1.02. The second-order valence-corrected chi connectivity index (χ2v) is 3.44. The summed E-state index contributed by atoms with van der Waals surface area (Å²) >= 11 is 5.93. The van der Waals surface area contributed by atoms with E-state index in [0.29, 0.717) is 11.3 Å². The largest absolute Gasteiger partial charge is 0.493 e. The van der Waals surface area contributed by atoms with Gasteiger partial charge in [-0.25, -0.2) is 0 Å². The van der Waals surface area contributed by atoms with E-state index in [-0.39, 0.29) is 17.4 Å². The maximum atomic E-state index is 10.6. The molecule has 0 aromatic heterocycles. The molecule has 0 aliphatic heterocycles. The van der Waals surface area contributed by atoms with Gasteiger partial charge in [0.25, 0.3) is 5.91 Å². The van der Waals surface area contributed by atoms with Crippen molar-refractivity contribution in [3.05, 3.63) is 22.7 Å². The first-order chi connectivity index (χ1) is 8.08. The first-order valence-corrected chi connectivity index (χ1v) is 4.92. The number of benzene rings is 1. The Hall–Kier alpha value is -1.95. The molecule has 0 bridgehead atoms. The second kappa shape index (κ2) is 5.95. The minimum Gasteiger partial charge on any atom is -0.493 e. The number of oxime groups is 1. The molecule has 0 heterocycles. The molecule has 6 nitrogen and oxygen atoms in total. The highest BCUT2D eigenvalue weighted by molar-refractivity contribution is 6.32. The molecule has 3 N–H and O–H groups in total. The standard InChI is InChI=1S/C10H11ClN2O4/c1-16-8-3-6(4-13-15)2-7(11)10(8)17-5-9(12)14/h2-4,15H,5H2,1H3,(H2,12,14). The molecule has 92 valence electrons. The van der Waals surface area contributed by atoms with Crippen molar-refractivity contribution in [1.82, 2.24) is 0 Å². The minimum absolute atomic E-state index is 0.211. The quantitative estimate of drug-likeness (QED) is 0.468. The van der Waals surface area contributed by atoms with Gasteiger partial charge in [0.05, 0.1) is 18.3 Å². The van der Waals surface area contributed by atoms with E-state index < -0.39 is 5.91 Å². The van der Waals surface area contributed by atoms with Gasteiger partial charge in [-0.15, -0.1) is 0 Å². The van der Waals surface area contributed by atoms with Gasteiger partial charge in [-0.2, -0.15) is 0 Å². The summed E-state index contributed by atoms with van der Waals surface area (Å²) in [6.45, 7) is -0.302. The average Bonchev–Trinajstić information content (AvgIpc) is 2.27. The van der Waals surface area contributed by atoms with Crippen molar-refractivity contribution in [2.75, 3.05) is 13.7 Å². The summed E-state index contributed by atoms with van der Waals surface area (Å²) < 4.78 is 10.2. The first kappa shape index (κ1) is 13.1. The number of rotatable bonds is 5. The van der Waals surface area contributed by atoms with Gasteiger partial charge in [0.15, 0.2) is 18.1 Å². The zero-order chi connectivity index (χ0) is 12.8. The van der Waals surface area contributed by atoms with Crippen LogP contribution in [-0.2, 0) is 4.79 Å². The molecule has 1 rings (SSSR count). The molecule has 17 heavy (non-hydrogen) atoms. The van der Waals surface area contributed by atoms with Gasteiger partial charge in [-0.05, 0) is 12.1 Å². The Bertz CT molecular complexity index is 448. The number of ether oxygens (including phenoxy) is 2. The van der Waals surface area contributed by atoms with Gasteiger partial charge in [0.2, 0.25) is 0 Å². The number of primary amides is 1. The van der Waals surface area contributed by atoms with Crippen LogP contribution in [0, 0.1) is 0 Å². The Morgan fingerprint density at radius 1 is 1.65 bits per heavy atom. The monoisotopic (exact) mass is 258 g/mol. The van der Waals surface area contributed by atoms with Gasteiger partial charge in [0, 0.05) is 5.56 Å². The van der Waals surface area contributed by atoms with E-state index in [9.17, 15) is 4.79 Å². The number of halogens is 1. The molecule has 0 aliphatic rings. The summed E-state index contributed by atoms with van der Waals surface area (Å²) in [5.41, 5.74) is 5.49. The molecule has 1 aromatic rings. The summed E-state index contributed by atoms with van der Waals surface area (Å²) in [5.74, 6) is -0.0965. The normalized spacial score (nSPS) is 10.5. The lowest BCUT2D eigenvalue weighted by molar-refractivity contribution is -0.119. The Morgan fingerprint density at radius 3 is 2.88 bits per heavy atom. The number of amides is 1. The number of hydrogen-bond acceptors (Lipinski definition) is 5. The maximum absolute atomic E-state index is 10.6. The smallest absolute Gasteiger partial charge is 0.255 e. The third-order valence-corrected chi connectivity index (χ3v) is 2.10. The molecular formula is C10H11ClN2O4. The fraction of sp³-hybridized carbons (Fsp3) is 0.200. The van der Waals surface area contributed by atoms with Crippen molar-refractivity contribution in [2.24, 2.45) is 10.9 Å². The van der Waals surface area contributed by atoms with Crippen LogP contribution in [0.25, 0.3) is 0 Å². The van der Waals surface area contributed by atoms with Crippen molar-refractivity contribution in [3.8, 4) is 11.5 Å². The maximum Gasteiger partial charge on any atom is 0.255 e. The van der Waals surface area contributed by atoms with Crippen molar-refractivity contribution in [2.45, 2.75) is 0 Å². The molecule has 0 unspecified atom stereocenters. The topological polar surface area (TPSA) is 94.1 Å². The molecule has 0 fully saturated rings. The molecule has 0 atom stereocenters. The van der Waals surface area contributed by atoms with E-state index in [4.69, 9.17) is 32.0 Å². The molecule has 0 radical (unpaired) electrons. The average molecular weight is 259 g/mol. The Labute approximate surface area is 103 Å². The summed E-state index contributed by atoms with van der Waals surface area (Å²) in [5, 5.41) is 11.5. The van der Waals surface area contributed by atoms with E-state index >= 15 is 0 Å². The third-order valence-electron chi connectivity index (χ3n) is 1.82. The zero-order valence-corrected chi connectivity index (χ0v) is 9.77. The number of carbonyl (C=O) groups excluding carboxylic acids is 1. The summed E-state index contributed by atoms with van der Waals surface area (Å²) in [7, 11) is 1.42. The highest BCUT2D eigenvalue weighted by Crippen LogP contribution is 2.35. The Kier molecular flexibility index (Phi) is 4.59. The fourth-order valence-corrected chi connectivity index (χ4v) is 1.44. The van der Waals surface area contributed by atoms with Gasteiger partial charge in [0.1, 0.15) is 0 Å². The number of hydrogen-bond donors (Lipinski definition) is 2. The number of nitrogens with zero attached hydrogens (tertiary/aromatic N) is 1. The lowest BCUT2D eigenvalue weighted by atomic mass is 10.2. The van der Waals surface area contributed by atoms with Crippen LogP contribution in [0.15, 0.2) is 17.3 Å². The predicted molar refractivity (Wildman–Crippen MR) is 62.1 cm³/mol. The highest BCUT2D eigenvalue weighted by Gasteiger charge is 2.12. The SMILES string of the molecule is COc1cc(C=NO)cc(Cl)c1OCC(N)=O. The molecule has 0 spiro atoms. The van der Waals surface area contributed by atoms with Gasteiger partial charge in [-0.1, -0.05) is 16.8 Å². The van der Waals surface area contributed by atoms with Gasteiger partial charge < -0.3 is 20.4 Å². The summed E-state index contributed by atoms with van der Waals surface area (Å²) in [6.07, 6.45) is 1.19. The Balaban J connectivity index is 3.07. The lowest BCUT2D eigenvalue weighted by Crippen LogP contribution is -2.20. The van der Waals surface area contributed by atoms with Crippen LogP contribution in [0.3, 0.4) is 0 Å². The van der Waals surface area contributed by atoms with Crippen LogP contribution in [0.5, 0.6) is 11.5 Å². The van der Waals surface area contributed by atoms with Crippen LogP contribution < -0.4 is 15.2 Å². The van der Waals surface area contributed by atoms with Crippen LogP contribution in [-0.4, -0.2) is 31.0 Å². The molecule has 1 aromatic carbocycles. The lowest BCUT2D eigenvalue weighted by Gasteiger charge is -2.11. The molecule has 1 amide bonds. The van der Waals surface area contributed by atoms with Crippen molar-refractivity contribution in [3.63, 3.8) is 0 Å². The molecule has 0 aliphatic carbocycles. The van der Waals surface area contributed by atoms with Crippen LogP contribution in [0.1, 0.15) is 5.56 Å². The van der Waals surface area contributed by atoms with Crippen molar-refractivity contribution in [1.29, 1.82) is 0 Å². The van der Waals surface area contributed by atoms with Crippen LogP contribution in [0.2, 0.25) is 5.02 Å². The molecule has 0 saturated heterocycles. The first-order valence-electron chi connectivity index (χ1n) is 4.54.